The van der Waals surface area contributed by atoms with Crippen LogP contribution < -0.4 is 5.32 Å². The van der Waals surface area contributed by atoms with Crippen LogP contribution in [-0.2, 0) is 9.84 Å². The zero-order chi connectivity index (χ0) is 13.0. The molecule has 1 atom stereocenters. The zero-order valence-electron chi connectivity index (χ0n) is 11.1. The third-order valence-corrected chi connectivity index (χ3v) is 5.30. The lowest BCUT2D eigenvalue weighted by Gasteiger charge is -2.33. The van der Waals surface area contributed by atoms with Crippen molar-refractivity contribution >= 4 is 9.84 Å². The molecule has 0 saturated heterocycles. The number of sulfone groups is 1. The maximum atomic E-state index is 11.8. The lowest BCUT2D eigenvalue weighted by Crippen LogP contribution is -2.51. The third-order valence-electron chi connectivity index (χ3n) is 3.11. The van der Waals surface area contributed by atoms with Gasteiger partial charge in [0.15, 0.2) is 9.84 Å². The van der Waals surface area contributed by atoms with Gasteiger partial charge in [-0.25, -0.2) is 8.42 Å². The molecule has 0 fully saturated rings. The van der Waals surface area contributed by atoms with Crippen LogP contribution >= 0.6 is 0 Å². The van der Waals surface area contributed by atoms with Gasteiger partial charge in [0.05, 0.1) is 4.75 Å². The lowest BCUT2D eigenvalue weighted by atomic mass is 9.96. The first-order valence-corrected chi connectivity index (χ1v) is 7.59. The van der Waals surface area contributed by atoms with Crippen LogP contribution in [0.5, 0.6) is 0 Å². The van der Waals surface area contributed by atoms with E-state index < -0.39 is 14.6 Å². The van der Waals surface area contributed by atoms with Gasteiger partial charge in [0.2, 0.25) is 0 Å². The average Bonchev–Trinajstić information content (AvgIpc) is 2.09. The average molecular weight is 247 g/mol. The summed E-state index contributed by atoms with van der Waals surface area (Å²) < 4.78 is 22.8. The standard InChI is InChI=1S/C12H25NO2S/c1-7-13-11(9-8-10(2)3)12(4,5)16(6,14)15/h11,13H,2,7-9H2,1,3-6H3. The Bertz CT molecular complexity index is 331. The molecule has 0 aliphatic carbocycles. The Labute approximate surface area is 100 Å². The van der Waals surface area contributed by atoms with E-state index in [9.17, 15) is 8.42 Å². The predicted molar refractivity (Wildman–Crippen MR) is 70.4 cm³/mol. The van der Waals surface area contributed by atoms with E-state index >= 15 is 0 Å². The molecular formula is C12H25NO2S. The Balaban J connectivity index is 4.83. The maximum Gasteiger partial charge on any atom is 0.154 e. The molecule has 0 spiro atoms. The van der Waals surface area contributed by atoms with Crippen LogP contribution in [0.15, 0.2) is 12.2 Å². The Kier molecular flexibility index (Phi) is 5.70. The fraction of sp³-hybridized carbons (Fsp3) is 0.833. The molecule has 0 aromatic rings. The Morgan fingerprint density at radius 3 is 2.25 bits per heavy atom. The Hall–Kier alpha value is -0.350. The second kappa shape index (κ2) is 5.82. The van der Waals surface area contributed by atoms with Gasteiger partial charge < -0.3 is 5.32 Å². The number of allylic oxidation sites excluding steroid dienone is 1. The van der Waals surface area contributed by atoms with E-state index in [0.717, 1.165) is 25.0 Å². The van der Waals surface area contributed by atoms with Gasteiger partial charge in [0, 0.05) is 12.3 Å². The molecule has 0 saturated carbocycles. The van der Waals surface area contributed by atoms with Gasteiger partial charge in [-0.2, -0.15) is 0 Å². The molecule has 0 radical (unpaired) electrons. The lowest BCUT2D eigenvalue weighted by molar-refractivity contribution is 0.395. The topological polar surface area (TPSA) is 46.2 Å². The van der Waals surface area contributed by atoms with E-state index in [1.807, 2.05) is 13.8 Å². The minimum Gasteiger partial charge on any atom is -0.313 e. The van der Waals surface area contributed by atoms with E-state index in [-0.39, 0.29) is 6.04 Å². The summed E-state index contributed by atoms with van der Waals surface area (Å²) in [4.78, 5) is 0. The fourth-order valence-electron chi connectivity index (χ4n) is 1.59. The summed E-state index contributed by atoms with van der Waals surface area (Å²) in [6.45, 7) is 12.2. The molecule has 4 heteroatoms. The van der Waals surface area contributed by atoms with Crippen molar-refractivity contribution in [2.24, 2.45) is 0 Å². The molecule has 0 amide bonds. The Morgan fingerprint density at radius 2 is 1.94 bits per heavy atom. The number of hydrogen-bond donors (Lipinski definition) is 1. The van der Waals surface area contributed by atoms with Gasteiger partial charge in [-0.3, -0.25) is 0 Å². The monoisotopic (exact) mass is 247 g/mol. The highest BCUT2D eigenvalue weighted by Gasteiger charge is 2.37. The molecule has 1 unspecified atom stereocenters. The highest BCUT2D eigenvalue weighted by atomic mass is 32.2. The first kappa shape index (κ1) is 15.7. The van der Waals surface area contributed by atoms with E-state index in [1.54, 1.807) is 13.8 Å². The quantitative estimate of drug-likeness (QED) is 0.701. The summed E-state index contributed by atoms with van der Waals surface area (Å²) in [5.41, 5.74) is 1.09. The molecule has 3 nitrogen and oxygen atoms in total. The summed E-state index contributed by atoms with van der Waals surface area (Å²) in [6, 6.07) is -0.0239. The number of rotatable bonds is 7. The number of hydrogen-bond acceptors (Lipinski definition) is 3. The first-order chi connectivity index (χ1) is 7.13. The Morgan fingerprint density at radius 1 is 1.44 bits per heavy atom. The molecule has 0 bridgehead atoms. The van der Waals surface area contributed by atoms with Crippen LogP contribution in [0.4, 0.5) is 0 Å². The second-order valence-corrected chi connectivity index (χ2v) is 7.58. The normalized spacial score (nSPS) is 14.8. The van der Waals surface area contributed by atoms with Crippen molar-refractivity contribution in [3.8, 4) is 0 Å². The van der Waals surface area contributed by atoms with E-state index in [1.165, 1.54) is 6.26 Å². The van der Waals surface area contributed by atoms with Gasteiger partial charge in [-0.1, -0.05) is 12.5 Å². The first-order valence-electron chi connectivity index (χ1n) is 5.70. The molecule has 0 aliphatic heterocycles. The van der Waals surface area contributed by atoms with Crippen LogP contribution in [0, 0.1) is 0 Å². The molecule has 96 valence electrons. The van der Waals surface area contributed by atoms with Crippen molar-refractivity contribution in [1.82, 2.24) is 5.32 Å². The molecule has 16 heavy (non-hydrogen) atoms. The summed E-state index contributed by atoms with van der Waals surface area (Å²) in [5, 5.41) is 3.26. The van der Waals surface area contributed by atoms with Gasteiger partial charge in [0.1, 0.15) is 0 Å². The maximum absolute atomic E-state index is 11.8. The molecule has 0 aromatic carbocycles. The summed E-state index contributed by atoms with van der Waals surface area (Å²) >= 11 is 0. The van der Waals surface area contributed by atoms with E-state index in [4.69, 9.17) is 0 Å². The highest BCUT2D eigenvalue weighted by molar-refractivity contribution is 7.92. The third kappa shape index (κ3) is 4.26. The van der Waals surface area contributed by atoms with Crippen LogP contribution in [0.1, 0.15) is 40.5 Å². The van der Waals surface area contributed by atoms with Crippen LogP contribution in [-0.4, -0.2) is 32.0 Å². The number of nitrogens with one attached hydrogen (secondary N) is 1. The molecular weight excluding hydrogens is 222 g/mol. The van der Waals surface area contributed by atoms with Gasteiger partial charge in [-0.05, 0) is 40.2 Å². The van der Waals surface area contributed by atoms with Crippen LogP contribution in [0.25, 0.3) is 0 Å². The summed E-state index contributed by atoms with van der Waals surface area (Å²) in [5.74, 6) is 0. The predicted octanol–water partition coefficient (Wildman–Crippen LogP) is 2.14. The molecule has 1 N–H and O–H groups in total. The highest BCUT2D eigenvalue weighted by Crippen LogP contribution is 2.24. The van der Waals surface area contributed by atoms with Gasteiger partial charge >= 0.3 is 0 Å². The molecule has 0 heterocycles. The van der Waals surface area contributed by atoms with E-state index in [2.05, 4.69) is 11.9 Å². The van der Waals surface area contributed by atoms with Crippen molar-refractivity contribution in [2.75, 3.05) is 12.8 Å². The van der Waals surface area contributed by atoms with Crippen LogP contribution in [0.2, 0.25) is 0 Å². The fourth-order valence-corrected chi connectivity index (χ4v) is 2.31. The smallest absolute Gasteiger partial charge is 0.154 e. The van der Waals surface area contributed by atoms with Crippen molar-refractivity contribution in [3.05, 3.63) is 12.2 Å². The van der Waals surface area contributed by atoms with Crippen molar-refractivity contribution in [1.29, 1.82) is 0 Å². The molecule has 0 aromatic heterocycles. The minimum atomic E-state index is -3.06. The van der Waals surface area contributed by atoms with Crippen molar-refractivity contribution in [3.63, 3.8) is 0 Å². The van der Waals surface area contributed by atoms with E-state index in [0.29, 0.717) is 0 Å². The molecule has 0 rings (SSSR count). The van der Waals surface area contributed by atoms with Crippen LogP contribution in [0.3, 0.4) is 0 Å². The zero-order valence-corrected chi connectivity index (χ0v) is 11.9. The van der Waals surface area contributed by atoms with Crippen molar-refractivity contribution < 1.29 is 8.42 Å². The summed E-state index contributed by atoms with van der Waals surface area (Å²) in [6.07, 6.45) is 2.97. The van der Waals surface area contributed by atoms with Crippen molar-refractivity contribution in [2.45, 2.75) is 51.3 Å². The second-order valence-electron chi connectivity index (χ2n) is 4.98. The minimum absolute atomic E-state index is 0.0239. The summed E-state index contributed by atoms with van der Waals surface area (Å²) in [7, 11) is -3.06. The van der Waals surface area contributed by atoms with Gasteiger partial charge in [0.25, 0.3) is 0 Å². The van der Waals surface area contributed by atoms with Gasteiger partial charge in [-0.15, -0.1) is 6.58 Å². The largest absolute Gasteiger partial charge is 0.313 e. The molecule has 0 aliphatic rings. The SMILES string of the molecule is C=C(C)CCC(NCC)C(C)(C)S(C)(=O)=O.